The minimum Gasteiger partial charge on any atom is -0.504 e. The summed E-state index contributed by atoms with van der Waals surface area (Å²) in [5, 5.41) is 29.0. The van der Waals surface area contributed by atoms with Crippen molar-refractivity contribution < 1.29 is 14.6 Å². The Morgan fingerprint density at radius 2 is 1.93 bits per heavy atom. The van der Waals surface area contributed by atoms with Crippen LogP contribution >= 0.6 is 15.9 Å². The molecule has 3 aromatic rings. The molecule has 3 rings (SSSR count). The molecular weight excluding hydrogens is 440 g/mol. The Kier molecular flexibility index (Phi) is 6.35. The lowest BCUT2D eigenvalue weighted by Crippen LogP contribution is -2.18. The molecule has 0 radical (unpaired) electrons. The lowest BCUT2D eigenvalue weighted by atomic mass is 10.2. The topological polar surface area (TPSA) is 124 Å². The first-order valence-corrected chi connectivity index (χ1v) is 9.19. The molecule has 0 aliphatic rings. The maximum atomic E-state index is 12.0. The molecule has 1 heterocycles. The number of ether oxygens (including phenoxy) is 1. The highest BCUT2D eigenvalue weighted by Gasteiger charge is 2.11. The standard InChI is InChI=1S/C19H17BrN6O3/c1-11-7-16(25-22-11)19(28)26-21-10-12-8-15(9-17(29-2)18(12)27)24-23-14-5-3-13(20)4-6-14/h3-10,27H,1-2H3,(H,22,25)(H,26,28)/b21-10+,24-23?. The molecule has 0 fully saturated rings. The fourth-order valence-corrected chi connectivity index (χ4v) is 2.57. The third kappa shape index (κ3) is 5.26. The van der Waals surface area contributed by atoms with Gasteiger partial charge in [-0.2, -0.15) is 20.4 Å². The van der Waals surface area contributed by atoms with Crippen molar-refractivity contribution in [3.8, 4) is 11.5 Å². The summed E-state index contributed by atoms with van der Waals surface area (Å²) >= 11 is 3.36. The predicted molar refractivity (Wildman–Crippen MR) is 111 cm³/mol. The lowest BCUT2D eigenvalue weighted by molar-refractivity contribution is 0.0950. The number of H-pyrrole nitrogens is 1. The van der Waals surface area contributed by atoms with Gasteiger partial charge in [-0.05, 0) is 43.3 Å². The molecule has 0 saturated carbocycles. The van der Waals surface area contributed by atoms with Gasteiger partial charge in [-0.3, -0.25) is 9.89 Å². The molecule has 1 amide bonds. The number of azo groups is 1. The first-order valence-electron chi connectivity index (χ1n) is 8.40. The van der Waals surface area contributed by atoms with Crippen LogP contribution in [0.1, 0.15) is 21.7 Å². The minimum atomic E-state index is -0.483. The Labute approximate surface area is 174 Å². The molecule has 2 aromatic carbocycles. The normalized spacial score (nSPS) is 11.3. The Morgan fingerprint density at radius 1 is 1.21 bits per heavy atom. The molecule has 1 aromatic heterocycles. The maximum Gasteiger partial charge on any atom is 0.291 e. The van der Waals surface area contributed by atoms with Gasteiger partial charge in [0, 0.05) is 21.8 Å². The van der Waals surface area contributed by atoms with Crippen molar-refractivity contribution in [1.82, 2.24) is 15.6 Å². The van der Waals surface area contributed by atoms with Gasteiger partial charge in [0.05, 0.1) is 24.7 Å². The molecule has 0 saturated heterocycles. The number of phenolic OH excluding ortho intramolecular Hbond substituents is 1. The molecule has 0 aliphatic carbocycles. The van der Waals surface area contributed by atoms with Gasteiger partial charge in [0.1, 0.15) is 0 Å². The Morgan fingerprint density at radius 3 is 2.59 bits per heavy atom. The number of aryl methyl sites for hydroxylation is 1. The van der Waals surface area contributed by atoms with E-state index in [4.69, 9.17) is 4.74 Å². The van der Waals surface area contributed by atoms with Crippen LogP contribution in [0.2, 0.25) is 0 Å². The number of rotatable bonds is 6. The summed E-state index contributed by atoms with van der Waals surface area (Å²) in [5.41, 5.74) is 4.71. The van der Waals surface area contributed by atoms with Gasteiger partial charge in [0.25, 0.3) is 5.91 Å². The van der Waals surface area contributed by atoms with Crippen molar-refractivity contribution in [1.29, 1.82) is 0 Å². The van der Waals surface area contributed by atoms with Gasteiger partial charge in [-0.25, -0.2) is 5.43 Å². The third-order valence-electron chi connectivity index (χ3n) is 3.72. The fourth-order valence-electron chi connectivity index (χ4n) is 2.30. The summed E-state index contributed by atoms with van der Waals surface area (Å²) in [6.45, 7) is 1.78. The molecule has 10 heteroatoms. The van der Waals surface area contributed by atoms with Gasteiger partial charge < -0.3 is 9.84 Å². The van der Waals surface area contributed by atoms with Crippen LogP contribution in [-0.2, 0) is 0 Å². The number of hydrogen-bond donors (Lipinski definition) is 3. The van der Waals surface area contributed by atoms with Crippen LogP contribution in [-0.4, -0.2) is 34.5 Å². The zero-order valence-electron chi connectivity index (χ0n) is 15.5. The number of carbonyl (C=O) groups excluding carboxylic acids is 1. The fraction of sp³-hybridized carbons (Fsp3) is 0.105. The molecule has 0 spiro atoms. The largest absolute Gasteiger partial charge is 0.504 e. The number of aromatic hydroxyl groups is 1. The summed E-state index contributed by atoms with van der Waals surface area (Å²) in [6.07, 6.45) is 1.29. The Hall–Kier alpha value is -3.53. The molecule has 29 heavy (non-hydrogen) atoms. The zero-order chi connectivity index (χ0) is 20.8. The SMILES string of the molecule is COc1cc(N=Nc2ccc(Br)cc2)cc(/C=N/NC(=O)c2cc(C)[nH]n2)c1O. The molecule has 0 bridgehead atoms. The number of phenols is 1. The van der Waals surface area contributed by atoms with Crippen molar-refractivity contribution in [3.63, 3.8) is 0 Å². The third-order valence-corrected chi connectivity index (χ3v) is 4.25. The van der Waals surface area contributed by atoms with E-state index in [1.54, 1.807) is 37.3 Å². The van der Waals surface area contributed by atoms with E-state index in [1.807, 2.05) is 12.1 Å². The van der Waals surface area contributed by atoms with Crippen LogP contribution < -0.4 is 10.2 Å². The number of benzene rings is 2. The van der Waals surface area contributed by atoms with Crippen molar-refractivity contribution in [3.05, 3.63) is 63.9 Å². The average Bonchev–Trinajstić information content (AvgIpc) is 3.15. The van der Waals surface area contributed by atoms with Crippen molar-refractivity contribution in [2.45, 2.75) is 6.92 Å². The average molecular weight is 457 g/mol. The van der Waals surface area contributed by atoms with Crippen molar-refractivity contribution in [2.24, 2.45) is 15.3 Å². The lowest BCUT2D eigenvalue weighted by Gasteiger charge is -2.07. The number of hydrogen-bond acceptors (Lipinski definition) is 7. The van der Waals surface area contributed by atoms with Gasteiger partial charge in [-0.15, -0.1) is 0 Å². The van der Waals surface area contributed by atoms with Crippen molar-refractivity contribution in [2.75, 3.05) is 7.11 Å². The van der Waals surface area contributed by atoms with Gasteiger partial charge in [0.2, 0.25) is 0 Å². The van der Waals surface area contributed by atoms with Crippen LogP contribution in [0.3, 0.4) is 0 Å². The molecule has 148 valence electrons. The van der Waals surface area contributed by atoms with Crippen molar-refractivity contribution >= 4 is 39.4 Å². The monoisotopic (exact) mass is 456 g/mol. The smallest absolute Gasteiger partial charge is 0.291 e. The number of hydrazone groups is 1. The second-order valence-electron chi connectivity index (χ2n) is 5.90. The van der Waals surface area contributed by atoms with Crippen LogP contribution in [0, 0.1) is 6.92 Å². The highest BCUT2D eigenvalue weighted by molar-refractivity contribution is 9.10. The number of amides is 1. The highest BCUT2D eigenvalue weighted by atomic mass is 79.9. The van der Waals surface area contributed by atoms with Crippen LogP contribution in [0.25, 0.3) is 0 Å². The van der Waals surface area contributed by atoms with E-state index in [0.717, 1.165) is 10.2 Å². The second kappa shape index (κ2) is 9.11. The quantitative estimate of drug-likeness (QED) is 0.289. The second-order valence-corrected chi connectivity index (χ2v) is 6.81. The predicted octanol–water partition coefficient (Wildman–Crippen LogP) is 4.37. The Balaban J connectivity index is 1.79. The van der Waals surface area contributed by atoms with E-state index in [0.29, 0.717) is 16.9 Å². The molecule has 0 aliphatic heterocycles. The number of aromatic nitrogens is 2. The molecule has 9 nitrogen and oxygen atoms in total. The van der Waals surface area contributed by atoms with E-state index in [1.165, 1.54) is 13.3 Å². The summed E-state index contributed by atoms with van der Waals surface area (Å²) in [4.78, 5) is 12.0. The molecule has 0 unspecified atom stereocenters. The summed E-state index contributed by atoms with van der Waals surface area (Å²) < 4.78 is 6.11. The Bertz CT molecular complexity index is 1080. The number of halogens is 1. The van der Waals surface area contributed by atoms with Crippen LogP contribution in [0.4, 0.5) is 11.4 Å². The van der Waals surface area contributed by atoms with Gasteiger partial charge in [-0.1, -0.05) is 15.9 Å². The number of carbonyl (C=O) groups is 1. The number of nitrogens with one attached hydrogen (secondary N) is 2. The molecular formula is C19H17BrN6O3. The van der Waals surface area contributed by atoms with Gasteiger partial charge in [0.15, 0.2) is 17.2 Å². The summed E-state index contributed by atoms with van der Waals surface area (Å²) in [5.74, 6) is -0.417. The van der Waals surface area contributed by atoms with E-state index < -0.39 is 5.91 Å². The zero-order valence-corrected chi connectivity index (χ0v) is 17.1. The van der Waals surface area contributed by atoms with E-state index in [2.05, 4.69) is 46.9 Å². The van der Waals surface area contributed by atoms with E-state index in [-0.39, 0.29) is 17.2 Å². The van der Waals surface area contributed by atoms with Crippen LogP contribution in [0.5, 0.6) is 11.5 Å². The van der Waals surface area contributed by atoms with Gasteiger partial charge >= 0.3 is 0 Å². The maximum absolute atomic E-state index is 12.0. The first-order chi connectivity index (χ1) is 14.0. The van der Waals surface area contributed by atoms with Crippen LogP contribution in [0.15, 0.2) is 62.3 Å². The highest BCUT2D eigenvalue weighted by Crippen LogP contribution is 2.34. The number of methoxy groups -OCH3 is 1. The number of aromatic amines is 1. The first kappa shape index (κ1) is 20.2. The molecule has 0 atom stereocenters. The summed E-state index contributed by atoms with van der Waals surface area (Å²) in [7, 11) is 1.42. The number of nitrogens with zero attached hydrogens (tertiary/aromatic N) is 4. The van der Waals surface area contributed by atoms with E-state index in [9.17, 15) is 9.90 Å². The van der Waals surface area contributed by atoms with E-state index >= 15 is 0 Å². The minimum absolute atomic E-state index is 0.135. The summed E-state index contributed by atoms with van der Waals surface area (Å²) in [6, 6.07) is 12.0. The molecule has 3 N–H and O–H groups in total.